The SMILES string of the molecule is Cc1ccc(C(O)c2ccccc2OC(C)C)c(C)n1. The van der Waals surface area contributed by atoms with Crippen molar-refractivity contribution in [1.29, 1.82) is 0 Å². The summed E-state index contributed by atoms with van der Waals surface area (Å²) in [6, 6.07) is 11.4. The van der Waals surface area contributed by atoms with Crippen LogP contribution in [0.5, 0.6) is 5.75 Å². The van der Waals surface area contributed by atoms with Crippen LogP contribution in [0.25, 0.3) is 0 Å². The summed E-state index contributed by atoms with van der Waals surface area (Å²) in [6.45, 7) is 7.81. The Kier molecular flexibility index (Phi) is 4.40. The van der Waals surface area contributed by atoms with Gasteiger partial charge in [0.25, 0.3) is 0 Å². The smallest absolute Gasteiger partial charge is 0.125 e. The molecule has 1 aromatic carbocycles. The van der Waals surface area contributed by atoms with Gasteiger partial charge in [-0.15, -0.1) is 0 Å². The highest BCUT2D eigenvalue weighted by molar-refractivity contribution is 5.41. The van der Waals surface area contributed by atoms with Gasteiger partial charge in [-0.25, -0.2) is 0 Å². The lowest BCUT2D eigenvalue weighted by molar-refractivity contribution is 0.197. The van der Waals surface area contributed by atoms with Crippen molar-refractivity contribution in [3.8, 4) is 5.75 Å². The molecule has 0 radical (unpaired) electrons. The fourth-order valence-electron chi connectivity index (χ4n) is 2.22. The number of para-hydroxylation sites is 1. The molecule has 1 N–H and O–H groups in total. The summed E-state index contributed by atoms with van der Waals surface area (Å²) in [4.78, 5) is 4.41. The number of ether oxygens (including phenoxy) is 1. The normalized spacial score (nSPS) is 12.5. The summed E-state index contributed by atoms with van der Waals surface area (Å²) in [7, 11) is 0. The molecule has 0 aliphatic heterocycles. The number of benzene rings is 1. The highest BCUT2D eigenvalue weighted by atomic mass is 16.5. The topological polar surface area (TPSA) is 42.4 Å². The van der Waals surface area contributed by atoms with Crippen LogP contribution in [-0.2, 0) is 0 Å². The van der Waals surface area contributed by atoms with Gasteiger partial charge < -0.3 is 9.84 Å². The molecular formula is C17H21NO2. The average Bonchev–Trinajstić information content (AvgIpc) is 2.38. The summed E-state index contributed by atoms with van der Waals surface area (Å²) in [5, 5.41) is 10.6. The highest BCUT2D eigenvalue weighted by Crippen LogP contribution is 2.31. The van der Waals surface area contributed by atoms with Crippen LogP contribution < -0.4 is 4.74 Å². The zero-order chi connectivity index (χ0) is 14.7. The van der Waals surface area contributed by atoms with E-state index >= 15 is 0 Å². The van der Waals surface area contributed by atoms with E-state index in [1.165, 1.54) is 0 Å². The molecule has 0 fully saturated rings. The van der Waals surface area contributed by atoms with Gasteiger partial charge in [-0.05, 0) is 39.8 Å². The first-order valence-corrected chi connectivity index (χ1v) is 6.87. The van der Waals surface area contributed by atoms with Crippen LogP contribution in [-0.4, -0.2) is 16.2 Å². The molecule has 106 valence electrons. The minimum absolute atomic E-state index is 0.0700. The van der Waals surface area contributed by atoms with E-state index in [0.717, 1.165) is 28.3 Å². The van der Waals surface area contributed by atoms with E-state index < -0.39 is 6.10 Å². The first-order valence-electron chi connectivity index (χ1n) is 6.87. The highest BCUT2D eigenvalue weighted by Gasteiger charge is 2.18. The Bertz CT molecular complexity index is 593. The number of aliphatic hydroxyl groups excluding tert-OH is 1. The van der Waals surface area contributed by atoms with Crippen LogP contribution in [0.4, 0.5) is 0 Å². The maximum atomic E-state index is 10.6. The minimum atomic E-state index is -0.724. The molecule has 1 unspecified atom stereocenters. The standard InChI is InChI=1S/C17H21NO2/c1-11(2)20-16-8-6-5-7-15(16)17(19)14-10-9-12(3)18-13(14)4/h5-11,17,19H,1-4H3. The van der Waals surface area contributed by atoms with Crippen LogP contribution in [0, 0.1) is 13.8 Å². The second kappa shape index (κ2) is 6.06. The van der Waals surface area contributed by atoms with Crippen LogP contribution in [0.2, 0.25) is 0 Å². The molecule has 20 heavy (non-hydrogen) atoms. The molecule has 0 saturated heterocycles. The summed E-state index contributed by atoms with van der Waals surface area (Å²) in [6.07, 6.45) is -0.654. The molecule has 0 saturated carbocycles. The fraction of sp³-hybridized carbons (Fsp3) is 0.353. The third-order valence-electron chi connectivity index (χ3n) is 3.14. The van der Waals surface area contributed by atoms with E-state index in [-0.39, 0.29) is 6.10 Å². The first kappa shape index (κ1) is 14.5. The van der Waals surface area contributed by atoms with E-state index in [1.54, 1.807) is 0 Å². The van der Waals surface area contributed by atoms with Crippen molar-refractivity contribution in [2.24, 2.45) is 0 Å². The molecule has 0 bridgehead atoms. The first-order chi connectivity index (χ1) is 9.49. The van der Waals surface area contributed by atoms with E-state index in [0.29, 0.717) is 0 Å². The Balaban J connectivity index is 2.40. The van der Waals surface area contributed by atoms with E-state index in [4.69, 9.17) is 4.74 Å². The number of nitrogens with zero attached hydrogens (tertiary/aromatic N) is 1. The van der Waals surface area contributed by atoms with Gasteiger partial charge in [0.2, 0.25) is 0 Å². The Hall–Kier alpha value is -1.87. The van der Waals surface area contributed by atoms with Gasteiger partial charge in [0.05, 0.1) is 6.10 Å². The monoisotopic (exact) mass is 271 g/mol. The lowest BCUT2D eigenvalue weighted by Crippen LogP contribution is -2.11. The van der Waals surface area contributed by atoms with Gasteiger partial charge in [-0.1, -0.05) is 24.3 Å². The number of aryl methyl sites for hydroxylation is 2. The molecule has 1 atom stereocenters. The largest absolute Gasteiger partial charge is 0.491 e. The number of aromatic nitrogens is 1. The molecular weight excluding hydrogens is 250 g/mol. The third kappa shape index (κ3) is 3.17. The van der Waals surface area contributed by atoms with Crippen LogP contribution in [0.1, 0.15) is 42.5 Å². The zero-order valence-electron chi connectivity index (χ0n) is 12.4. The molecule has 0 aliphatic rings. The lowest BCUT2D eigenvalue weighted by atomic mass is 9.99. The van der Waals surface area contributed by atoms with Crippen molar-refractivity contribution in [3.63, 3.8) is 0 Å². The second-order valence-corrected chi connectivity index (χ2v) is 5.23. The number of pyridine rings is 1. The van der Waals surface area contributed by atoms with Gasteiger partial charge in [0.15, 0.2) is 0 Å². The molecule has 2 rings (SSSR count). The minimum Gasteiger partial charge on any atom is -0.491 e. The van der Waals surface area contributed by atoms with Crippen LogP contribution in [0.15, 0.2) is 36.4 Å². The molecule has 0 aliphatic carbocycles. The van der Waals surface area contributed by atoms with Gasteiger partial charge >= 0.3 is 0 Å². The van der Waals surface area contributed by atoms with Crippen LogP contribution >= 0.6 is 0 Å². The lowest BCUT2D eigenvalue weighted by Gasteiger charge is -2.19. The van der Waals surface area contributed by atoms with E-state index in [1.807, 2.05) is 64.1 Å². The predicted molar refractivity (Wildman–Crippen MR) is 80.0 cm³/mol. The molecule has 2 aromatic rings. The van der Waals surface area contributed by atoms with Crippen molar-refractivity contribution in [2.75, 3.05) is 0 Å². The number of aliphatic hydroxyl groups is 1. The van der Waals surface area contributed by atoms with Crippen molar-refractivity contribution in [3.05, 3.63) is 58.9 Å². The maximum Gasteiger partial charge on any atom is 0.125 e. The Labute approximate surface area is 120 Å². The number of hydrogen-bond donors (Lipinski definition) is 1. The average molecular weight is 271 g/mol. The number of hydrogen-bond acceptors (Lipinski definition) is 3. The Morgan fingerprint density at radius 3 is 2.35 bits per heavy atom. The second-order valence-electron chi connectivity index (χ2n) is 5.23. The van der Waals surface area contributed by atoms with Crippen molar-refractivity contribution < 1.29 is 9.84 Å². The van der Waals surface area contributed by atoms with Gasteiger partial charge in [-0.3, -0.25) is 4.98 Å². The van der Waals surface area contributed by atoms with Crippen LogP contribution in [0.3, 0.4) is 0 Å². The van der Waals surface area contributed by atoms with Gasteiger partial charge in [-0.2, -0.15) is 0 Å². The van der Waals surface area contributed by atoms with E-state index in [9.17, 15) is 5.11 Å². The molecule has 3 heteroatoms. The van der Waals surface area contributed by atoms with E-state index in [2.05, 4.69) is 4.98 Å². The Morgan fingerprint density at radius 2 is 1.70 bits per heavy atom. The Morgan fingerprint density at radius 1 is 1.00 bits per heavy atom. The summed E-state index contributed by atoms with van der Waals surface area (Å²) >= 11 is 0. The predicted octanol–water partition coefficient (Wildman–Crippen LogP) is 3.57. The fourth-order valence-corrected chi connectivity index (χ4v) is 2.22. The molecule has 1 aromatic heterocycles. The summed E-state index contributed by atoms with van der Waals surface area (Å²) < 4.78 is 5.77. The molecule has 0 spiro atoms. The summed E-state index contributed by atoms with van der Waals surface area (Å²) in [5.41, 5.74) is 3.38. The summed E-state index contributed by atoms with van der Waals surface area (Å²) in [5.74, 6) is 0.718. The van der Waals surface area contributed by atoms with Gasteiger partial charge in [0.1, 0.15) is 11.9 Å². The molecule has 3 nitrogen and oxygen atoms in total. The van der Waals surface area contributed by atoms with Crippen molar-refractivity contribution >= 4 is 0 Å². The van der Waals surface area contributed by atoms with Crippen molar-refractivity contribution in [1.82, 2.24) is 4.98 Å². The zero-order valence-corrected chi connectivity index (χ0v) is 12.4. The third-order valence-corrected chi connectivity index (χ3v) is 3.14. The molecule has 0 amide bonds. The van der Waals surface area contributed by atoms with Crippen molar-refractivity contribution in [2.45, 2.75) is 39.9 Å². The number of rotatable bonds is 4. The van der Waals surface area contributed by atoms with Gasteiger partial charge in [0, 0.05) is 22.5 Å². The molecule has 1 heterocycles. The maximum absolute atomic E-state index is 10.6. The quantitative estimate of drug-likeness (QED) is 0.924.